The summed E-state index contributed by atoms with van der Waals surface area (Å²) in [6, 6.07) is 4.27. The van der Waals surface area contributed by atoms with Crippen molar-refractivity contribution in [3.05, 3.63) is 29.3 Å². The van der Waals surface area contributed by atoms with Crippen LogP contribution >= 0.6 is 0 Å². The third-order valence-corrected chi connectivity index (χ3v) is 5.35. The molecule has 2 N–H and O–H groups in total. The topological polar surface area (TPSA) is 86.7 Å². The van der Waals surface area contributed by atoms with E-state index in [2.05, 4.69) is 4.72 Å². The minimum Gasteiger partial charge on any atom is -0.480 e. The number of aliphatic carboxylic acids is 1. The van der Waals surface area contributed by atoms with Crippen LogP contribution in [0.2, 0.25) is 0 Å². The second kappa shape index (κ2) is 6.03. The van der Waals surface area contributed by atoms with Gasteiger partial charge in [-0.2, -0.15) is 12.7 Å². The first-order chi connectivity index (χ1) is 9.81. The highest BCUT2D eigenvalue weighted by Crippen LogP contribution is 2.23. The van der Waals surface area contributed by atoms with Gasteiger partial charge in [-0.25, -0.2) is 0 Å². The Morgan fingerprint density at radius 2 is 2.00 bits per heavy atom. The Bertz CT molecular complexity index is 642. The van der Waals surface area contributed by atoms with E-state index in [0.717, 1.165) is 21.9 Å². The summed E-state index contributed by atoms with van der Waals surface area (Å²) in [6.45, 7) is 4.07. The van der Waals surface area contributed by atoms with Crippen LogP contribution in [-0.4, -0.2) is 36.4 Å². The van der Waals surface area contributed by atoms with Crippen molar-refractivity contribution in [1.82, 2.24) is 4.31 Å². The standard InChI is InChI=1S/C14H20N2O4S/c1-10-6-7-12(9-11(10)2)15-21(19,20)16-8-4-3-5-13(16)14(17)18/h6-7,9,13,15H,3-5,8H2,1-2H3,(H,17,18). The van der Waals surface area contributed by atoms with Crippen molar-refractivity contribution in [2.24, 2.45) is 0 Å². The first kappa shape index (κ1) is 15.8. The van der Waals surface area contributed by atoms with Crippen LogP contribution in [0.5, 0.6) is 0 Å². The molecule has 2 rings (SSSR count). The molecule has 1 fully saturated rings. The largest absolute Gasteiger partial charge is 0.480 e. The average Bonchev–Trinajstić information content (AvgIpc) is 2.42. The molecule has 1 aliphatic rings. The summed E-state index contributed by atoms with van der Waals surface area (Å²) in [5.41, 5.74) is 2.50. The Balaban J connectivity index is 2.23. The molecule has 1 heterocycles. The number of nitrogens with zero attached hydrogens (tertiary/aromatic N) is 1. The van der Waals surface area contributed by atoms with E-state index in [-0.39, 0.29) is 6.54 Å². The monoisotopic (exact) mass is 312 g/mol. The Labute approximate surface area is 125 Å². The highest BCUT2D eigenvalue weighted by atomic mass is 32.2. The number of nitrogens with one attached hydrogen (secondary N) is 1. The maximum atomic E-state index is 12.4. The zero-order valence-corrected chi connectivity index (χ0v) is 13.0. The van der Waals surface area contributed by atoms with E-state index < -0.39 is 22.2 Å². The molecule has 116 valence electrons. The first-order valence-corrected chi connectivity index (χ1v) is 8.35. The van der Waals surface area contributed by atoms with Gasteiger partial charge in [0, 0.05) is 6.54 Å². The summed E-state index contributed by atoms with van der Waals surface area (Å²) in [7, 11) is -3.86. The Morgan fingerprint density at radius 3 is 2.62 bits per heavy atom. The van der Waals surface area contributed by atoms with E-state index >= 15 is 0 Å². The van der Waals surface area contributed by atoms with Gasteiger partial charge < -0.3 is 5.11 Å². The molecular weight excluding hydrogens is 292 g/mol. The van der Waals surface area contributed by atoms with Crippen LogP contribution in [0.15, 0.2) is 18.2 Å². The molecule has 1 unspecified atom stereocenters. The lowest BCUT2D eigenvalue weighted by Crippen LogP contribution is -2.49. The molecular formula is C14H20N2O4S. The number of hydrogen-bond donors (Lipinski definition) is 2. The molecule has 1 aromatic rings. The van der Waals surface area contributed by atoms with Crippen LogP contribution < -0.4 is 4.72 Å². The van der Waals surface area contributed by atoms with Crippen LogP contribution in [0.1, 0.15) is 30.4 Å². The van der Waals surface area contributed by atoms with Gasteiger partial charge in [-0.3, -0.25) is 9.52 Å². The lowest BCUT2D eigenvalue weighted by atomic mass is 10.1. The van der Waals surface area contributed by atoms with Crippen molar-refractivity contribution in [2.45, 2.75) is 39.2 Å². The van der Waals surface area contributed by atoms with E-state index in [9.17, 15) is 18.3 Å². The summed E-state index contributed by atoms with van der Waals surface area (Å²) >= 11 is 0. The molecule has 0 amide bonds. The van der Waals surface area contributed by atoms with Crippen LogP contribution in [0.4, 0.5) is 5.69 Å². The molecule has 0 bridgehead atoms. The molecule has 1 atom stereocenters. The normalized spacial score (nSPS) is 20.2. The average molecular weight is 312 g/mol. The fraction of sp³-hybridized carbons (Fsp3) is 0.500. The third-order valence-electron chi connectivity index (χ3n) is 3.80. The van der Waals surface area contributed by atoms with E-state index in [1.165, 1.54) is 0 Å². The molecule has 1 aromatic carbocycles. The Morgan fingerprint density at radius 1 is 1.29 bits per heavy atom. The molecule has 0 aliphatic carbocycles. The number of carboxylic acids is 1. The summed E-state index contributed by atoms with van der Waals surface area (Å²) in [5, 5.41) is 9.18. The number of anilines is 1. The Hall–Kier alpha value is -1.60. The second-order valence-corrected chi connectivity index (χ2v) is 6.99. The van der Waals surface area contributed by atoms with Crippen molar-refractivity contribution in [2.75, 3.05) is 11.3 Å². The van der Waals surface area contributed by atoms with Crippen molar-refractivity contribution >= 4 is 21.9 Å². The zero-order chi connectivity index (χ0) is 15.6. The summed E-state index contributed by atoms with van der Waals surface area (Å²) < 4.78 is 28.4. The van der Waals surface area contributed by atoms with E-state index in [1.807, 2.05) is 19.9 Å². The maximum Gasteiger partial charge on any atom is 0.322 e. The van der Waals surface area contributed by atoms with Gasteiger partial charge in [0.2, 0.25) is 0 Å². The second-order valence-electron chi connectivity index (χ2n) is 5.37. The van der Waals surface area contributed by atoms with Gasteiger partial charge in [0.1, 0.15) is 6.04 Å². The van der Waals surface area contributed by atoms with Gasteiger partial charge in [0.15, 0.2) is 0 Å². The number of hydrogen-bond acceptors (Lipinski definition) is 3. The molecule has 0 aromatic heterocycles. The summed E-state index contributed by atoms with van der Waals surface area (Å²) in [4.78, 5) is 11.2. The van der Waals surface area contributed by atoms with Gasteiger partial charge in [-0.1, -0.05) is 6.07 Å². The van der Waals surface area contributed by atoms with Crippen LogP contribution in [0, 0.1) is 13.8 Å². The smallest absolute Gasteiger partial charge is 0.322 e. The van der Waals surface area contributed by atoms with Crippen LogP contribution in [0.25, 0.3) is 0 Å². The minimum atomic E-state index is -3.86. The van der Waals surface area contributed by atoms with Crippen molar-refractivity contribution < 1.29 is 18.3 Å². The lowest BCUT2D eigenvalue weighted by Gasteiger charge is -2.31. The third kappa shape index (κ3) is 3.54. The summed E-state index contributed by atoms with van der Waals surface area (Å²) in [6.07, 6.45) is 1.76. The lowest BCUT2D eigenvalue weighted by molar-refractivity contribution is -0.142. The van der Waals surface area contributed by atoms with Gasteiger partial charge in [-0.05, 0) is 56.4 Å². The molecule has 1 saturated heterocycles. The number of aryl methyl sites for hydroxylation is 2. The molecule has 0 radical (unpaired) electrons. The van der Waals surface area contributed by atoms with E-state index in [4.69, 9.17) is 0 Å². The van der Waals surface area contributed by atoms with Gasteiger partial charge in [0.25, 0.3) is 0 Å². The number of carbonyl (C=O) groups is 1. The van der Waals surface area contributed by atoms with Crippen molar-refractivity contribution in [3.63, 3.8) is 0 Å². The predicted molar refractivity (Wildman–Crippen MR) is 80.4 cm³/mol. The number of rotatable bonds is 4. The SMILES string of the molecule is Cc1ccc(NS(=O)(=O)N2CCCCC2C(=O)O)cc1C. The van der Waals surface area contributed by atoms with Gasteiger partial charge in [0.05, 0.1) is 5.69 Å². The molecule has 6 nitrogen and oxygen atoms in total. The zero-order valence-electron chi connectivity index (χ0n) is 12.2. The van der Waals surface area contributed by atoms with E-state index in [0.29, 0.717) is 18.5 Å². The maximum absolute atomic E-state index is 12.4. The highest BCUT2D eigenvalue weighted by Gasteiger charge is 2.36. The molecule has 1 aliphatic heterocycles. The highest BCUT2D eigenvalue weighted by molar-refractivity contribution is 7.90. The van der Waals surface area contributed by atoms with Crippen molar-refractivity contribution in [3.8, 4) is 0 Å². The van der Waals surface area contributed by atoms with Crippen molar-refractivity contribution in [1.29, 1.82) is 0 Å². The molecule has 0 saturated carbocycles. The fourth-order valence-corrected chi connectivity index (χ4v) is 3.89. The molecule has 0 spiro atoms. The van der Waals surface area contributed by atoms with Gasteiger partial charge in [-0.15, -0.1) is 0 Å². The summed E-state index contributed by atoms with van der Waals surface area (Å²) in [5.74, 6) is -1.10. The van der Waals surface area contributed by atoms with Gasteiger partial charge >= 0.3 is 16.2 Å². The van der Waals surface area contributed by atoms with Crippen LogP contribution in [0.3, 0.4) is 0 Å². The minimum absolute atomic E-state index is 0.233. The predicted octanol–water partition coefficient (Wildman–Crippen LogP) is 1.90. The molecule has 7 heteroatoms. The quantitative estimate of drug-likeness (QED) is 0.889. The Kier molecular flexibility index (Phi) is 4.53. The number of benzene rings is 1. The first-order valence-electron chi connectivity index (χ1n) is 6.91. The number of piperidine rings is 1. The molecule has 21 heavy (non-hydrogen) atoms. The van der Waals surface area contributed by atoms with E-state index in [1.54, 1.807) is 12.1 Å². The fourth-order valence-electron chi connectivity index (χ4n) is 2.45. The number of carboxylic acid groups (broad SMARTS) is 1. The van der Waals surface area contributed by atoms with Crippen LogP contribution in [-0.2, 0) is 15.0 Å².